The number of unbranched alkanes of at least 4 members (excludes halogenated alkanes) is 42. The van der Waals surface area contributed by atoms with Gasteiger partial charge in [-0.25, -0.2) is 9.13 Å². The Hall–Kier alpha value is -1.94. The van der Waals surface area contributed by atoms with Crippen LogP contribution in [0.5, 0.6) is 0 Å². The van der Waals surface area contributed by atoms with Gasteiger partial charge in [0.2, 0.25) is 0 Å². The molecule has 0 aliphatic rings. The van der Waals surface area contributed by atoms with Crippen LogP contribution in [-0.4, -0.2) is 96.7 Å². The molecule has 0 aliphatic heterocycles. The monoisotopic (exact) mass is 1370 g/mol. The molecule has 0 rings (SSSR count). The SMILES string of the molecule is CCCCCCCCCCCCCCCCCCCCCCCC(=O)O[C@H](COC(=O)CCCCCCCCCCCCCCCCC(C)C)COP(=O)(O)OC[C@@H](O)COP(=O)(O)OC[C@@H](COC(=O)CCCCCCC)OC(=O)CCCCCCCCC(C)CC. The maximum absolute atomic E-state index is 13.1. The number of carbonyl (C=O) groups is 4. The van der Waals surface area contributed by atoms with Crippen LogP contribution in [0.2, 0.25) is 0 Å². The number of esters is 4. The van der Waals surface area contributed by atoms with Gasteiger partial charge in [0.05, 0.1) is 26.4 Å². The molecule has 0 aromatic rings. The Morgan fingerprint density at radius 2 is 0.548 bits per heavy atom. The summed E-state index contributed by atoms with van der Waals surface area (Å²) in [6.45, 7) is 9.45. The highest BCUT2D eigenvalue weighted by molar-refractivity contribution is 7.47. The minimum Gasteiger partial charge on any atom is -0.462 e. The summed E-state index contributed by atoms with van der Waals surface area (Å²) in [5.41, 5.74) is 0. The zero-order valence-electron chi connectivity index (χ0n) is 60.6. The first kappa shape index (κ1) is 91.1. The van der Waals surface area contributed by atoms with Crippen molar-refractivity contribution in [3.8, 4) is 0 Å². The number of carbonyl (C=O) groups excluding carboxylic acids is 4. The molecule has 3 N–H and O–H groups in total. The zero-order valence-corrected chi connectivity index (χ0v) is 62.3. The highest BCUT2D eigenvalue weighted by atomic mass is 31.2. The minimum absolute atomic E-state index is 0.102. The number of phosphoric ester groups is 2. The van der Waals surface area contributed by atoms with Crippen LogP contribution in [0.1, 0.15) is 382 Å². The van der Waals surface area contributed by atoms with E-state index in [9.17, 15) is 43.2 Å². The summed E-state index contributed by atoms with van der Waals surface area (Å²) >= 11 is 0. The number of phosphoric acid groups is 2. The van der Waals surface area contributed by atoms with Gasteiger partial charge in [0.1, 0.15) is 19.3 Å². The van der Waals surface area contributed by atoms with Gasteiger partial charge in [-0.2, -0.15) is 0 Å². The van der Waals surface area contributed by atoms with Crippen molar-refractivity contribution in [3.63, 3.8) is 0 Å². The highest BCUT2D eigenvalue weighted by Gasteiger charge is 2.30. The van der Waals surface area contributed by atoms with Crippen LogP contribution >= 0.6 is 15.6 Å². The molecule has 17 nitrogen and oxygen atoms in total. The molecule has 19 heteroatoms. The van der Waals surface area contributed by atoms with E-state index in [1.165, 1.54) is 193 Å². The first-order valence-corrected chi connectivity index (χ1v) is 41.5. The van der Waals surface area contributed by atoms with Crippen molar-refractivity contribution in [2.45, 2.75) is 400 Å². The molecule has 0 fully saturated rings. The molecule has 0 aromatic carbocycles. The summed E-state index contributed by atoms with van der Waals surface area (Å²) in [6.07, 6.45) is 53.4. The normalized spacial score (nSPS) is 14.3. The van der Waals surface area contributed by atoms with Gasteiger partial charge < -0.3 is 33.8 Å². The van der Waals surface area contributed by atoms with Crippen LogP contribution in [0.4, 0.5) is 0 Å². The van der Waals surface area contributed by atoms with Crippen molar-refractivity contribution >= 4 is 39.5 Å². The average Bonchev–Trinajstić information content (AvgIpc) is 3.68. The fraction of sp³-hybridized carbons (Fsp3) is 0.946. The number of aliphatic hydroxyl groups excluding tert-OH is 1. The standard InChI is InChI=1S/C74H144O17P2/c1-7-10-12-14-15-16-17-18-19-20-21-22-23-24-25-30-33-36-39-46-52-58-73(78)90-70(63-85-72(77)57-51-45-38-35-32-29-27-26-28-31-34-37-43-48-54-66(4)5)65-89-93(82,83)87-61-68(75)60-86-92(80,81)88-64-69(62-84-71(76)56-50-42-13-11-8-2)91-74(79)59-53-47-41-40-44-49-55-67(6)9-3/h66-70,75H,7-65H2,1-6H3,(H,80,81)(H,82,83)/t67?,68-,69+,70+/m0/s1. The van der Waals surface area contributed by atoms with E-state index in [0.717, 1.165) is 108 Å². The third kappa shape index (κ3) is 67.0. The maximum atomic E-state index is 13.1. The molecule has 0 radical (unpaired) electrons. The van der Waals surface area contributed by atoms with Crippen LogP contribution < -0.4 is 0 Å². The Balaban J connectivity index is 5.12. The summed E-state index contributed by atoms with van der Waals surface area (Å²) in [4.78, 5) is 72.4. The largest absolute Gasteiger partial charge is 0.472 e. The smallest absolute Gasteiger partial charge is 0.462 e. The summed E-state index contributed by atoms with van der Waals surface area (Å²) in [5.74, 6) is -0.614. The van der Waals surface area contributed by atoms with E-state index in [4.69, 9.17) is 37.0 Å². The minimum atomic E-state index is -4.95. The molecule has 0 heterocycles. The lowest BCUT2D eigenvalue weighted by molar-refractivity contribution is -0.161. The maximum Gasteiger partial charge on any atom is 0.472 e. The van der Waals surface area contributed by atoms with Gasteiger partial charge in [-0.1, -0.05) is 330 Å². The molecular weight excluding hydrogens is 1220 g/mol. The number of aliphatic hydroxyl groups is 1. The molecule has 6 atom stereocenters. The van der Waals surface area contributed by atoms with E-state index in [1.807, 2.05) is 0 Å². The summed E-state index contributed by atoms with van der Waals surface area (Å²) in [5, 5.41) is 10.6. The van der Waals surface area contributed by atoms with Crippen molar-refractivity contribution in [3.05, 3.63) is 0 Å². The van der Waals surface area contributed by atoms with Crippen molar-refractivity contribution in [1.29, 1.82) is 0 Å². The molecule has 0 spiro atoms. The molecule has 552 valence electrons. The lowest BCUT2D eigenvalue weighted by Crippen LogP contribution is -2.30. The average molecular weight is 1370 g/mol. The summed E-state index contributed by atoms with van der Waals surface area (Å²) < 4.78 is 68.2. The molecule has 3 unspecified atom stereocenters. The van der Waals surface area contributed by atoms with Crippen LogP contribution in [0.15, 0.2) is 0 Å². The van der Waals surface area contributed by atoms with Crippen molar-refractivity contribution < 1.29 is 80.2 Å². The molecule has 0 amide bonds. The van der Waals surface area contributed by atoms with E-state index in [2.05, 4.69) is 41.5 Å². The van der Waals surface area contributed by atoms with E-state index in [1.54, 1.807) is 0 Å². The van der Waals surface area contributed by atoms with Crippen LogP contribution in [0, 0.1) is 11.8 Å². The lowest BCUT2D eigenvalue weighted by Gasteiger charge is -2.21. The predicted octanol–water partition coefficient (Wildman–Crippen LogP) is 21.6. The Morgan fingerprint density at radius 3 is 0.817 bits per heavy atom. The number of rotatable bonds is 73. The Morgan fingerprint density at radius 1 is 0.312 bits per heavy atom. The Bertz CT molecular complexity index is 1810. The van der Waals surface area contributed by atoms with Gasteiger partial charge in [-0.3, -0.25) is 37.3 Å². The van der Waals surface area contributed by atoms with E-state index in [-0.39, 0.29) is 25.7 Å². The quantitative estimate of drug-likeness (QED) is 0.0222. The van der Waals surface area contributed by atoms with Gasteiger partial charge >= 0.3 is 39.5 Å². The number of hydrogen-bond acceptors (Lipinski definition) is 15. The molecule has 93 heavy (non-hydrogen) atoms. The van der Waals surface area contributed by atoms with Crippen molar-refractivity contribution in [1.82, 2.24) is 0 Å². The van der Waals surface area contributed by atoms with Gasteiger partial charge in [-0.15, -0.1) is 0 Å². The Labute approximate surface area is 568 Å². The van der Waals surface area contributed by atoms with Crippen molar-refractivity contribution in [2.75, 3.05) is 39.6 Å². The summed E-state index contributed by atoms with van der Waals surface area (Å²) in [6, 6.07) is 0. The van der Waals surface area contributed by atoms with Gasteiger partial charge in [0.25, 0.3) is 0 Å². The number of ether oxygens (including phenoxy) is 4. The fourth-order valence-corrected chi connectivity index (χ4v) is 12.8. The third-order valence-electron chi connectivity index (χ3n) is 17.6. The second-order valence-electron chi connectivity index (χ2n) is 27.4. The molecule has 0 aliphatic carbocycles. The van der Waals surface area contributed by atoms with Crippen molar-refractivity contribution in [2.24, 2.45) is 11.8 Å². The highest BCUT2D eigenvalue weighted by Crippen LogP contribution is 2.45. The van der Waals surface area contributed by atoms with E-state index >= 15 is 0 Å². The molecule has 0 bridgehead atoms. The summed E-state index contributed by atoms with van der Waals surface area (Å²) in [7, 11) is -9.90. The lowest BCUT2D eigenvalue weighted by atomic mass is 10.00. The third-order valence-corrected chi connectivity index (χ3v) is 19.5. The zero-order chi connectivity index (χ0) is 68.6. The van der Waals surface area contributed by atoms with Gasteiger partial charge in [-0.05, 0) is 37.5 Å². The van der Waals surface area contributed by atoms with Crippen LogP contribution in [-0.2, 0) is 65.4 Å². The van der Waals surface area contributed by atoms with Crippen LogP contribution in [0.3, 0.4) is 0 Å². The van der Waals surface area contributed by atoms with Gasteiger partial charge in [0.15, 0.2) is 12.2 Å². The van der Waals surface area contributed by atoms with E-state index < -0.39 is 97.5 Å². The Kier molecular flexibility index (Phi) is 64.6. The first-order chi connectivity index (χ1) is 44.9. The molecular formula is C74H144O17P2. The topological polar surface area (TPSA) is 237 Å². The second kappa shape index (κ2) is 66.0. The fourth-order valence-electron chi connectivity index (χ4n) is 11.3. The second-order valence-corrected chi connectivity index (χ2v) is 30.3. The van der Waals surface area contributed by atoms with Crippen LogP contribution in [0.25, 0.3) is 0 Å². The molecule has 0 aromatic heterocycles. The molecule has 0 saturated heterocycles. The predicted molar refractivity (Wildman–Crippen MR) is 377 cm³/mol. The number of hydrogen-bond donors (Lipinski definition) is 3. The van der Waals surface area contributed by atoms with Gasteiger partial charge in [0, 0.05) is 25.7 Å². The molecule has 0 saturated carbocycles. The first-order valence-electron chi connectivity index (χ1n) is 38.5. The van der Waals surface area contributed by atoms with E-state index in [0.29, 0.717) is 25.7 Å².